The lowest BCUT2D eigenvalue weighted by atomic mass is 9.94. The summed E-state index contributed by atoms with van der Waals surface area (Å²) in [5.41, 5.74) is 0.892. The van der Waals surface area contributed by atoms with Gasteiger partial charge in [0.25, 0.3) is 5.84 Å². The Balaban J connectivity index is 2.61. The molecule has 2 rings (SSSR count). The van der Waals surface area contributed by atoms with Gasteiger partial charge in [-0.15, -0.1) is 4.99 Å². The number of dihydropyridines is 1. The number of aliphatic imine (C=N–C) groups is 1. The second kappa shape index (κ2) is 4.95. The number of amidine groups is 1. The number of urea groups is 1. The van der Waals surface area contributed by atoms with Crippen molar-refractivity contribution >= 4 is 24.0 Å². The minimum absolute atomic E-state index is 0.264. The molecule has 0 N–H and O–H groups in total. The highest BCUT2D eigenvalue weighted by Gasteiger charge is 2.49. The van der Waals surface area contributed by atoms with Crippen LogP contribution < -0.4 is 0 Å². The van der Waals surface area contributed by atoms with Gasteiger partial charge in [-0.1, -0.05) is 6.92 Å². The van der Waals surface area contributed by atoms with E-state index in [0.717, 1.165) is 12.0 Å². The number of fused-ring (bicyclic) bond motifs is 1. The maximum atomic E-state index is 12.4. The molecule has 0 aliphatic carbocycles. The minimum atomic E-state index is -0.604. The van der Waals surface area contributed by atoms with Crippen LogP contribution in [0.2, 0.25) is 0 Å². The summed E-state index contributed by atoms with van der Waals surface area (Å²) < 4.78 is 6.81. The molecule has 6 nitrogen and oxygen atoms in total. The summed E-state index contributed by atoms with van der Waals surface area (Å²) in [6.07, 6.45) is 2.40. The number of allylic oxidation sites excluding steroid dienone is 1. The standard InChI is InChI=1S/C13H18N3O3/c1-5-8-7-14-11-9(10(8)19-4)12(17)16(6-2)13(18)15(11)3/h7,9H,5-6H2,1-4H3/q+1. The van der Waals surface area contributed by atoms with Crippen molar-refractivity contribution in [1.82, 2.24) is 4.90 Å². The van der Waals surface area contributed by atoms with E-state index in [1.54, 1.807) is 27.3 Å². The van der Waals surface area contributed by atoms with Gasteiger partial charge in [0.05, 0.1) is 20.7 Å². The molecule has 0 bridgehead atoms. The molecular formula is C13H18N3O3+. The van der Waals surface area contributed by atoms with Crippen LogP contribution in [0.15, 0.2) is 16.3 Å². The molecule has 0 radical (unpaired) electrons. The number of carbonyl (C=O) groups excluding carboxylic acids is 2. The maximum Gasteiger partial charge on any atom is 0.445 e. The van der Waals surface area contributed by atoms with E-state index in [0.29, 0.717) is 18.1 Å². The molecule has 19 heavy (non-hydrogen) atoms. The third kappa shape index (κ3) is 1.87. The first kappa shape index (κ1) is 13.5. The van der Waals surface area contributed by atoms with Gasteiger partial charge in [0.15, 0.2) is 5.92 Å². The van der Waals surface area contributed by atoms with Gasteiger partial charge in [0, 0.05) is 5.57 Å². The number of rotatable bonds is 3. The minimum Gasteiger partial charge on any atom is -0.499 e. The van der Waals surface area contributed by atoms with E-state index in [2.05, 4.69) is 4.99 Å². The fourth-order valence-electron chi connectivity index (χ4n) is 2.42. The molecule has 102 valence electrons. The van der Waals surface area contributed by atoms with Gasteiger partial charge < -0.3 is 4.74 Å². The number of nitrogens with zero attached hydrogens (tertiary/aromatic N) is 3. The Labute approximate surface area is 112 Å². The highest BCUT2D eigenvalue weighted by atomic mass is 16.5. The third-order valence-electron chi connectivity index (χ3n) is 3.48. The fraction of sp³-hybridized carbons (Fsp3) is 0.538. The Morgan fingerprint density at radius 1 is 1.42 bits per heavy atom. The molecule has 3 amide bonds. The lowest BCUT2D eigenvalue weighted by Gasteiger charge is -2.28. The van der Waals surface area contributed by atoms with E-state index in [-0.39, 0.29) is 11.9 Å². The van der Waals surface area contributed by atoms with Crippen LogP contribution in [-0.4, -0.2) is 54.2 Å². The zero-order chi connectivity index (χ0) is 14.2. The van der Waals surface area contributed by atoms with Crippen molar-refractivity contribution in [2.45, 2.75) is 20.3 Å². The van der Waals surface area contributed by atoms with Crippen LogP contribution in [0.1, 0.15) is 20.3 Å². The summed E-state index contributed by atoms with van der Waals surface area (Å²) in [6.45, 7) is 4.09. The number of carbonyl (C=O) groups is 2. The second-order valence-corrected chi connectivity index (χ2v) is 4.42. The molecule has 0 aromatic carbocycles. The quantitative estimate of drug-likeness (QED) is 0.715. The molecule has 0 saturated heterocycles. The summed E-state index contributed by atoms with van der Waals surface area (Å²) >= 11 is 0. The molecule has 1 atom stereocenters. The molecule has 2 aliphatic rings. The lowest BCUT2D eigenvalue weighted by molar-refractivity contribution is -0.408. The summed E-state index contributed by atoms with van der Waals surface area (Å²) in [4.78, 5) is 30.0. The molecule has 2 aliphatic heterocycles. The van der Waals surface area contributed by atoms with E-state index in [1.165, 1.54) is 9.48 Å². The van der Waals surface area contributed by atoms with Gasteiger partial charge in [-0.3, -0.25) is 4.79 Å². The molecule has 0 aromatic heterocycles. The van der Waals surface area contributed by atoms with Gasteiger partial charge >= 0.3 is 11.9 Å². The first-order chi connectivity index (χ1) is 9.06. The van der Waals surface area contributed by atoms with Crippen LogP contribution in [0, 0.1) is 5.92 Å². The summed E-state index contributed by atoms with van der Waals surface area (Å²) in [5.74, 6) is 0.164. The van der Waals surface area contributed by atoms with Crippen LogP contribution in [0.3, 0.4) is 0 Å². The van der Waals surface area contributed by atoms with Crippen molar-refractivity contribution in [3.63, 3.8) is 0 Å². The highest BCUT2D eigenvalue weighted by Crippen LogP contribution is 2.28. The summed E-state index contributed by atoms with van der Waals surface area (Å²) in [7, 11) is 3.17. The van der Waals surface area contributed by atoms with Gasteiger partial charge in [-0.25, -0.2) is 4.79 Å². The molecule has 1 unspecified atom stereocenters. The van der Waals surface area contributed by atoms with E-state index < -0.39 is 5.92 Å². The zero-order valence-electron chi connectivity index (χ0n) is 11.6. The van der Waals surface area contributed by atoms with Crippen LogP contribution in [-0.2, 0) is 9.53 Å². The molecule has 0 saturated carbocycles. The Bertz CT molecular complexity index is 531. The topological polar surface area (TPSA) is 62.0 Å². The van der Waals surface area contributed by atoms with Crippen molar-refractivity contribution in [2.75, 3.05) is 20.7 Å². The first-order valence-corrected chi connectivity index (χ1v) is 6.33. The van der Waals surface area contributed by atoms with Crippen molar-refractivity contribution in [1.29, 1.82) is 0 Å². The fourth-order valence-corrected chi connectivity index (χ4v) is 2.42. The molecule has 0 fully saturated rings. The number of methoxy groups -OCH3 is 1. The normalized spacial score (nSPS) is 23.2. The summed E-state index contributed by atoms with van der Waals surface area (Å²) in [5, 5.41) is 0. The Morgan fingerprint density at radius 2 is 2.11 bits per heavy atom. The van der Waals surface area contributed by atoms with Crippen LogP contribution in [0.5, 0.6) is 0 Å². The first-order valence-electron chi connectivity index (χ1n) is 6.33. The molecule has 0 spiro atoms. The van der Waals surface area contributed by atoms with E-state index in [4.69, 9.17) is 4.74 Å². The lowest BCUT2D eigenvalue weighted by Crippen LogP contribution is -2.54. The second-order valence-electron chi connectivity index (χ2n) is 4.42. The predicted molar refractivity (Wildman–Crippen MR) is 70.3 cm³/mol. The largest absolute Gasteiger partial charge is 0.499 e. The van der Waals surface area contributed by atoms with Gasteiger partial charge in [0.1, 0.15) is 12.0 Å². The van der Waals surface area contributed by atoms with E-state index >= 15 is 0 Å². The average Bonchev–Trinajstić information content (AvgIpc) is 2.43. The van der Waals surface area contributed by atoms with Crippen molar-refractivity contribution in [2.24, 2.45) is 10.9 Å². The molecule has 2 heterocycles. The van der Waals surface area contributed by atoms with Crippen molar-refractivity contribution in [3.8, 4) is 0 Å². The van der Waals surface area contributed by atoms with Crippen LogP contribution in [0.25, 0.3) is 0 Å². The monoisotopic (exact) mass is 264 g/mol. The Morgan fingerprint density at radius 3 is 2.63 bits per heavy atom. The maximum absolute atomic E-state index is 12.4. The SMILES string of the molecule is CCC1=C(OC)C2C(=O)N(CC)C(=O)[N+](C)=C2N=C1. The third-order valence-corrected chi connectivity index (χ3v) is 3.48. The average molecular weight is 264 g/mol. The van der Waals surface area contributed by atoms with Crippen LogP contribution in [0.4, 0.5) is 4.79 Å². The number of amides is 3. The molecular weight excluding hydrogens is 246 g/mol. The molecule has 0 aromatic rings. The molecule has 6 heteroatoms. The number of hydrogen-bond donors (Lipinski definition) is 0. The van der Waals surface area contributed by atoms with Crippen molar-refractivity contribution in [3.05, 3.63) is 11.3 Å². The van der Waals surface area contributed by atoms with Gasteiger partial charge in [0.2, 0.25) is 0 Å². The number of hydrogen-bond acceptors (Lipinski definition) is 4. The van der Waals surface area contributed by atoms with E-state index in [9.17, 15) is 9.59 Å². The van der Waals surface area contributed by atoms with Gasteiger partial charge in [-0.2, -0.15) is 9.48 Å². The smallest absolute Gasteiger partial charge is 0.445 e. The van der Waals surface area contributed by atoms with Crippen LogP contribution >= 0.6 is 0 Å². The zero-order valence-corrected chi connectivity index (χ0v) is 11.6. The van der Waals surface area contributed by atoms with E-state index in [1.807, 2.05) is 6.92 Å². The predicted octanol–water partition coefficient (Wildman–Crippen LogP) is 1.02. The number of ether oxygens (including phenoxy) is 1. The summed E-state index contributed by atoms with van der Waals surface area (Å²) in [6, 6.07) is -0.341. The number of imide groups is 1. The van der Waals surface area contributed by atoms with Crippen molar-refractivity contribution < 1.29 is 18.9 Å². The highest BCUT2D eigenvalue weighted by molar-refractivity contribution is 6.16. The Hall–Kier alpha value is -1.98. The Kier molecular flexibility index (Phi) is 3.50. The van der Waals surface area contributed by atoms with Gasteiger partial charge in [-0.05, 0) is 13.3 Å².